The molecule has 24 valence electrons. The van der Waals surface area contributed by atoms with Gasteiger partial charge < -0.3 is 37.2 Å². The van der Waals surface area contributed by atoms with Crippen molar-refractivity contribution in [3.05, 3.63) is 0 Å². The Labute approximate surface area is 57.0 Å². The number of rotatable bonds is 0. The van der Waals surface area contributed by atoms with Crippen LogP contribution in [-0.2, 0) is 0 Å². The zero-order chi connectivity index (χ0) is 0. The van der Waals surface area contributed by atoms with Gasteiger partial charge >= 0.3 is 19.8 Å². The Kier molecular flexibility index (Phi) is 301. The minimum atomic E-state index is 0. The first-order chi connectivity index (χ1) is 0. The Morgan fingerprint density at radius 2 is 0.500 bits per heavy atom. The van der Waals surface area contributed by atoms with Gasteiger partial charge in [0.05, 0.1) is 0 Å². The molecular formula is Cl3Ga. The van der Waals surface area contributed by atoms with Crippen LogP contribution in [0, 0.1) is 0 Å². The molecular weight excluding hydrogens is 173 g/mol. The molecule has 0 aliphatic heterocycles. The second kappa shape index (κ2) is 24.4. The van der Waals surface area contributed by atoms with E-state index in [1.54, 1.807) is 0 Å². The molecule has 0 heterocycles. The first-order valence-electron chi connectivity index (χ1n) is 0. The molecule has 0 N–H and O–H groups in total. The van der Waals surface area contributed by atoms with Crippen LogP contribution >= 0.6 is 0 Å². The fraction of sp³-hybridized carbons (Fsp3) is 0. The third kappa shape index (κ3) is 9.71. The van der Waals surface area contributed by atoms with Gasteiger partial charge in [0.2, 0.25) is 0 Å². The summed E-state index contributed by atoms with van der Waals surface area (Å²) < 4.78 is 0. The van der Waals surface area contributed by atoms with Crippen LogP contribution in [0.1, 0.15) is 0 Å². The largest absolute Gasteiger partial charge is 3.00 e. The summed E-state index contributed by atoms with van der Waals surface area (Å²) in [6.45, 7) is 0. The van der Waals surface area contributed by atoms with Crippen molar-refractivity contribution in [2.24, 2.45) is 0 Å². The molecule has 0 aromatic carbocycles. The van der Waals surface area contributed by atoms with Crippen molar-refractivity contribution >= 4 is 19.8 Å². The fourth-order valence-corrected chi connectivity index (χ4v) is 0. The van der Waals surface area contributed by atoms with E-state index < -0.39 is 0 Å². The zero-order valence-electron chi connectivity index (χ0n) is 1.71. The van der Waals surface area contributed by atoms with Gasteiger partial charge in [0.25, 0.3) is 0 Å². The third-order valence-electron chi connectivity index (χ3n) is 0. The molecule has 0 aliphatic rings. The average Bonchev–Trinajstić information content (AvgIpc) is 0. The molecule has 0 spiro atoms. The van der Waals surface area contributed by atoms with Gasteiger partial charge in [-0.2, -0.15) is 0 Å². The monoisotopic (exact) mass is 172 g/mol. The average molecular weight is 173 g/mol. The Morgan fingerprint density at radius 3 is 0.500 bits per heavy atom. The maximum absolute atomic E-state index is 0. The summed E-state index contributed by atoms with van der Waals surface area (Å²) in [4.78, 5) is 0. The molecule has 0 atom stereocenters. The molecule has 0 amide bonds. The summed E-state index contributed by atoms with van der Waals surface area (Å²) >= 11 is 0. The Bertz CT molecular complexity index is 3.25. The van der Waals surface area contributed by atoms with Crippen LogP contribution < -0.4 is 37.2 Å². The minimum absolute atomic E-state index is 0. The van der Waals surface area contributed by atoms with E-state index in [9.17, 15) is 0 Å². The minimum Gasteiger partial charge on any atom is -1.00 e. The first-order valence-corrected chi connectivity index (χ1v) is 0. The number of hydrogen-bond donors (Lipinski definition) is 0. The summed E-state index contributed by atoms with van der Waals surface area (Å²) in [5, 5.41) is 0. The predicted molar refractivity (Wildman–Crippen MR) is 5.75 cm³/mol. The predicted octanol–water partition coefficient (Wildman–Crippen LogP) is -9.37. The van der Waals surface area contributed by atoms with E-state index in [0.29, 0.717) is 0 Å². The van der Waals surface area contributed by atoms with Crippen LogP contribution in [0.15, 0.2) is 0 Å². The first kappa shape index (κ1) is 49.3. The van der Waals surface area contributed by atoms with Crippen molar-refractivity contribution in [2.45, 2.75) is 0 Å². The molecule has 0 unspecified atom stereocenters. The Balaban J connectivity index is 0. The molecule has 0 rings (SSSR count). The number of halogens is 3. The van der Waals surface area contributed by atoms with Crippen molar-refractivity contribution < 1.29 is 37.2 Å². The van der Waals surface area contributed by atoms with Crippen LogP contribution in [-0.4, -0.2) is 19.8 Å². The maximum Gasteiger partial charge on any atom is 3.00 e. The molecule has 4 heteroatoms. The molecule has 0 aliphatic carbocycles. The van der Waals surface area contributed by atoms with E-state index in [-0.39, 0.29) is 57.0 Å². The van der Waals surface area contributed by atoms with Gasteiger partial charge in [-0.15, -0.1) is 0 Å². The molecule has 0 aromatic heterocycles. The summed E-state index contributed by atoms with van der Waals surface area (Å²) in [5.74, 6) is 0. The SMILES string of the molecule is [67Ga+3].[Cl-].[Cl-].[Cl-]. The van der Waals surface area contributed by atoms with Gasteiger partial charge in [-0.3, -0.25) is 0 Å². The third-order valence-corrected chi connectivity index (χ3v) is 0. The van der Waals surface area contributed by atoms with Crippen LogP contribution in [0.25, 0.3) is 0 Å². The molecule has 0 radical (unpaired) electrons. The molecule has 0 nitrogen and oxygen atoms in total. The van der Waals surface area contributed by atoms with E-state index in [0.717, 1.165) is 0 Å². The van der Waals surface area contributed by atoms with E-state index >= 15 is 0 Å². The van der Waals surface area contributed by atoms with Gasteiger partial charge in [0.15, 0.2) is 0 Å². The smallest absolute Gasteiger partial charge is 1.00 e. The molecule has 0 bridgehead atoms. The standard InChI is InChI=1S/3ClH.Ga/h3*1H;/q;;;+3/p-3/i;;;1-3. The number of hydrogen-bond acceptors (Lipinski definition) is 0. The van der Waals surface area contributed by atoms with E-state index in [2.05, 4.69) is 0 Å². The van der Waals surface area contributed by atoms with Crippen LogP contribution in [0.4, 0.5) is 0 Å². The normalized spacial score (nSPS) is 0. The maximum atomic E-state index is 0. The van der Waals surface area contributed by atoms with Crippen molar-refractivity contribution in [3.8, 4) is 0 Å². The molecule has 0 aromatic rings. The summed E-state index contributed by atoms with van der Waals surface area (Å²) in [7, 11) is 0. The van der Waals surface area contributed by atoms with Crippen molar-refractivity contribution in [1.82, 2.24) is 0 Å². The van der Waals surface area contributed by atoms with Gasteiger partial charge in [-0.1, -0.05) is 0 Å². The van der Waals surface area contributed by atoms with Gasteiger partial charge in [0, 0.05) is 0 Å². The summed E-state index contributed by atoms with van der Waals surface area (Å²) in [6, 6.07) is 0. The van der Waals surface area contributed by atoms with E-state index in [1.165, 1.54) is 0 Å². The van der Waals surface area contributed by atoms with Gasteiger partial charge in [0.1, 0.15) is 0 Å². The quantitative estimate of drug-likeness (QED) is 0.319. The van der Waals surface area contributed by atoms with Crippen molar-refractivity contribution in [1.29, 1.82) is 0 Å². The van der Waals surface area contributed by atoms with Crippen molar-refractivity contribution in [3.63, 3.8) is 0 Å². The Hall–Kier alpha value is 1.51. The van der Waals surface area contributed by atoms with E-state index in [4.69, 9.17) is 0 Å². The zero-order valence-corrected chi connectivity index (χ0v) is 6.40. The molecule has 0 fully saturated rings. The second-order valence-electron chi connectivity index (χ2n) is 0. The van der Waals surface area contributed by atoms with Crippen molar-refractivity contribution in [2.75, 3.05) is 0 Å². The van der Waals surface area contributed by atoms with Crippen LogP contribution in [0.2, 0.25) is 0 Å². The Morgan fingerprint density at radius 1 is 0.500 bits per heavy atom. The molecule has 0 saturated carbocycles. The molecule has 4 heavy (non-hydrogen) atoms. The molecule has 0 saturated heterocycles. The second-order valence-corrected chi connectivity index (χ2v) is 0. The topological polar surface area (TPSA) is 0 Å². The van der Waals surface area contributed by atoms with Crippen LogP contribution in [0.5, 0.6) is 0 Å². The van der Waals surface area contributed by atoms with E-state index in [1.807, 2.05) is 0 Å². The van der Waals surface area contributed by atoms with Gasteiger partial charge in [-0.25, -0.2) is 0 Å². The summed E-state index contributed by atoms with van der Waals surface area (Å²) in [5.41, 5.74) is 0. The van der Waals surface area contributed by atoms with Gasteiger partial charge in [-0.05, 0) is 0 Å². The summed E-state index contributed by atoms with van der Waals surface area (Å²) in [6.07, 6.45) is 0. The van der Waals surface area contributed by atoms with Crippen LogP contribution in [0.3, 0.4) is 0 Å². The fourth-order valence-electron chi connectivity index (χ4n) is 0.